The summed E-state index contributed by atoms with van der Waals surface area (Å²) in [6.07, 6.45) is 0.703. The molecule has 3 aromatic rings. The number of fused-ring (bicyclic) bond motifs is 1. The number of nitrogens with zero attached hydrogens (tertiary/aromatic N) is 5. The van der Waals surface area contributed by atoms with Crippen LogP contribution in [-0.4, -0.2) is 42.5 Å². The topological polar surface area (TPSA) is 87.7 Å². The van der Waals surface area contributed by atoms with E-state index < -0.39 is 17.8 Å². The van der Waals surface area contributed by atoms with Gasteiger partial charge >= 0.3 is 6.18 Å². The molecule has 1 aliphatic heterocycles. The van der Waals surface area contributed by atoms with Crippen LogP contribution in [0, 0.1) is 0 Å². The van der Waals surface area contributed by atoms with Gasteiger partial charge in [0.2, 0.25) is 0 Å². The number of rotatable bonds is 2. The summed E-state index contributed by atoms with van der Waals surface area (Å²) in [5.74, 6) is -0.541. The first kappa shape index (κ1) is 16.6. The monoisotopic (exact) mass is 380 g/mol. The summed E-state index contributed by atoms with van der Waals surface area (Å²) in [5, 5.41) is 6.12. The maximum atomic E-state index is 12.7. The lowest BCUT2D eigenvalue weighted by Gasteiger charge is -2.25. The Kier molecular flexibility index (Phi) is 3.94. The highest BCUT2D eigenvalue weighted by Crippen LogP contribution is 2.32. The minimum absolute atomic E-state index is 0.248. The third-order valence-electron chi connectivity index (χ3n) is 3.93. The lowest BCUT2D eigenvalue weighted by atomic mass is 10.1. The molecule has 0 bridgehead atoms. The van der Waals surface area contributed by atoms with E-state index in [1.807, 2.05) is 5.10 Å². The van der Waals surface area contributed by atoms with Gasteiger partial charge < -0.3 is 4.90 Å². The maximum absolute atomic E-state index is 12.7. The fourth-order valence-corrected chi connectivity index (χ4v) is 3.74. The molecule has 1 aliphatic rings. The third-order valence-corrected chi connectivity index (χ3v) is 5.06. The smallest absolute Gasteiger partial charge is 0.332 e. The summed E-state index contributed by atoms with van der Waals surface area (Å²) in [5.41, 5.74) is 0.382. The van der Waals surface area contributed by atoms with Crippen LogP contribution in [0.3, 0.4) is 0 Å². The van der Waals surface area contributed by atoms with Gasteiger partial charge in [0, 0.05) is 41.9 Å². The van der Waals surface area contributed by atoms with Crippen LogP contribution in [0.5, 0.6) is 0 Å². The number of aromatic amines is 1. The highest BCUT2D eigenvalue weighted by molar-refractivity contribution is 7.15. The van der Waals surface area contributed by atoms with Crippen LogP contribution in [-0.2, 0) is 19.1 Å². The Morgan fingerprint density at radius 2 is 2.04 bits per heavy atom. The number of nitrogens with one attached hydrogen (secondary N) is 1. The fourth-order valence-electron chi connectivity index (χ4n) is 2.64. The van der Waals surface area contributed by atoms with Crippen LogP contribution >= 0.6 is 11.3 Å². The van der Waals surface area contributed by atoms with Gasteiger partial charge in [0.15, 0.2) is 5.69 Å². The van der Waals surface area contributed by atoms with Crippen molar-refractivity contribution in [2.75, 3.05) is 6.54 Å². The molecule has 0 fully saturated rings. The average molecular weight is 380 g/mol. The molecule has 0 aliphatic carbocycles. The number of hydrogen-bond donors (Lipinski definition) is 1. The van der Waals surface area contributed by atoms with Crippen molar-refractivity contribution >= 4 is 17.2 Å². The molecule has 0 saturated carbocycles. The molecule has 0 atom stereocenters. The zero-order valence-corrected chi connectivity index (χ0v) is 13.9. The van der Waals surface area contributed by atoms with Crippen molar-refractivity contribution in [2.45, 2.75) is 19.1 Å². The lowest BCUT2D eigenvalue weighted by molar-refractivity contribution is -0.141. The van der Waals surface area contributed by atoms with Crippen molar-refractivity contribution in [3.63, 3.8) is 0 Å². The minimum atomic E-state index is -4.56. The van der Waals surface area contributed by atoms with Crippen LogP contribution in [0.2, 0.25) is 0 Å². The van der Waals surface area contributed by atoms with Crippen molar-refractivity contribution in [3.05, 3.63) is 46.7 Å². The van der Waals surface area contributed by atoms with Crippen LogP contribution in [0.4, 0.5) is 13.2 Å². The quantitative estimate of drug-likeness (QED) is 0.738. The number of hydrogen-bond acceptors (Lipinski definition) is 6. The van der Waals surface area contributed by atoms with Gasteiger partial charge in [0.25, 0.3) is 5.91 Å². The number of amides is 1. The molecular formula is C15H11F3N6OS. The van der Waals surface area contributed by atoms with E-state index in [9.17, 15) is 18.0 Å². The van der Waals surface area contributed by atoms with Crippen LogP contribution in [0.1, 0.15) is 26.8 Å². The molecule has 134 valence electrons. The molecule has 3 aromatic heterocycles. The highest BCUT2D eigenvalue weighted by atomic mass is 32.1. The molecule has 26 heavy (non-hydrogen) atoms. The molecule has 0 radical (unpaired) electrons. The molecule has 1 amide bonds. The standard InChI is InChI=1S/C15H11F3N6OS/c16-15(17,18)12-3-10(22-23-12)14(25)24-2-1-9-11(6-24)26-13(21-9)8-4-19-7-20-5-8/h3-5,7H,1-2,6H2,(H,22,23). The normalized spacial score (nSPS) is 14.3. The number of H-pyrrole nitrogens is 1. The summed E-state index contributed by atoms with van der Waals surface area (Å²) in [7, 11) is 0. The zero-order valence-electron chi connectivity index (χ0n) is 13.1. The molecular weight excluding hydrogens is 369 g/mol. The molecule has 1 N–H and O–H groups in total. The Morgan fingerprint density at radius 3 is 2.73 bits per heavy atom. The largest absolute Gasteiger partial charge is 0.432 e. The Labute approximate surface area is 148 Å². The second-order valence-electron chi connectivity index (χ2n) is 5.66. The number of thiazole rings is 1. The van der Waals surface area contributed by atoms with Crippen LogP contribution in [0.15, 0.2) is 24.8 Å². The van der Waals surface area contributed by atoms with Gasteiger partial charge in [-0.2, -0.15) is 18.3 Å². The molecule has 11 heteroatoms. The van der Waals surface area contributed by atoms with Crippen molar-refractivity contribution in [2.24, 2.45) is 0 Å². The Morgan fingerprint density at radius 1 is 1.27 bits per heavy atom. The number of alkyl halides is 3. The lowest BCUT2D eigenvalue weighted by Crippen LogP contribution is -2.35. The molecule has 4 rings (SSSR count). The predicted molar refractivity (Wildman–Crippen MR) is 85.2 cm³/mol. The van der Waals surface area contributed by atoms with Gasteiger partial charge in [-0.25, -0.2) is 15.0 Å². The first-order chi connectivity index (χ1) is 12.4. The van der Waals surface area contributed by atoms with E-state index in [2.05, 4.69) is 20.1 Å². The van der Waals surface area contributed by atoms with Gasteiger partial charge in [-0.15, -0.1) is 11.3 Å². The van der Waals surface area contributed by atoms with E-state index in [1.54, 1.807) is 12.4 Å². The fraction of sp³-hybridized carbons (Fsp3) is 0.267. The van der Waals surface area contributed by atoms with Gasteiger partial charge in [0.05, 0.1) is 12.2 Å². The Bertz CT molecular complexity index is 952. The van der Waals surface area contributed by atoms with Crippen molar-refractivity contribution in [3.8, 4) is 10.6 Å². The van der Waals surface area contributed by atoms with E-state index in [-0.39, 0.29) is 12.2 Å². The number of halogens is 3. The van der Waals surface area contributed by atoms with Crippen molar-refractivity contribution < 1.29 is 18.0 Å². The SMILES string of the molecule is O=C(c1cc(C(F)(F)F)[nH]n1)N1CCc2nc(-c3cncnc3)sc2C1. The minimum Gasteiger partial charge on any atom is -0.332 e. The van der Waals surface area contributed by atoms with Gasteiger partial charge in [0.1, 0.15) is 17.0 Å². The summed E-state index contributed by atoms with van der Waals surface area (Å²) in [6, 6.07) is 0.733. The van der Waals surface area contributed by atoms with E-state index >= 15 is 0 Å². The number of carbonyl (C=O) groups excluding carboxylic acids is 1. The van der Waals surface area contributed by atoms with Gasteiger partial charge in [-0.3, -0.25) is 9.89 Å². The molecule has 0 saturated heterocycles. The van der Waals surface area contributed by atoms with E-state index in [1.165, 1.54) is 22.6 Å². The first-order valence-corrected chi connectivity index (χ1v) is 8.39. The highest BCUT2D eigenvalue weighted by Gasteiger charge is 2.35. The number of aromatic nitrogens is 5. The third kappa shape index (κ3) is 3.05. The number of carbonyl (C=O) groups is 1. The molecule has 7 nitrogen and oxygen atoms in total. The molecule has 4 heterocycles. The van der Waals surface area contributed by atoms with Crippen LogP contribution in [0.25, 0.3) is 10.6 Å². The zero-order chi connectivity index (χ0) is 18.3. The maximum Gasteiger partial charge on any atom is 0.432 e. The molecule has 0 aromatic carbocycles. The van der Waals surface area contributed by atoms with Crippen molar-refractivity contribution in [1.82, 2.24) is 30.0 Å². The Balaban J connectivity index is 1.54. The van der Waals surface area contributed by atoms with Gasteiger partial charge in [-0.05, 0) is 0 Å². The summed E-state index contributed by atoms with van der Waals surface area (Å²) in [4.78, 5) is 27.3. The summed E-state index contributed by atoms with van der Waals surface area (Å²) in [6.45, 7) is 0.655. The second kappa shape index (κ2) is 6.16. The summed E-state index contributed by atoms with van der Waals surface area (Å²) >= 11 is 1.42. The predicted octanol–water partition coefficient (Wildman–Crippen LogP) is 2.54. The van der Waals surface area contributed by atoms with Gasteiger partial charge in [-0.1, -0.05) is 0 Å². The van der Waals surface area contributed by atoms with Crippen LogP contribution < -0.4 is 0 Å². The molecule has 0 spiro atoms. The van der Waals surface area contributed by atoms with E-state index in [0.717, 1.165) is 27.2 Å². The first-order valence-electron chi connectivity index (χ1n) is 7.57. The molecule has 0 unspecified atom stereocenters. The average Bonchev–Trinajstić information content (AvgIpc) is 3.28. The Hall–Kier alpha value is -2.82. The summed E-state index contributed by atoms with van der Waals surface area (Å²) < 4.78 is 38.0. The van der Waals surface area contributed by atoms with E-state index in [0.29, 0.717) is 13.0 Å². The van der Waals surface area contributed by atoms with E-state index in [4.69, 9.17) is 0 Å². The van der Waals surface area contributed by atoms with Crippen molar-refractivity contribution in [1.29, 1.82) is 0 Å². The second-order valence-corrected chi connectivity index (χ2v) is 6.74.